The minimum absolute atomic E-state index is 0.0171. The Bertz CT molecular complexity index is 379. The van der Waals surface area contributed by atoms with Gasteiger partial charge in [0.1, 0.15) is 13.1 Å². The van der Waals surface area contributed by atoms with Crippen molar-refractivity contribution in [2.45, 2.75) is 6.54 Å². The van der Waals surface area contributed by atoms with E-state index in [9.17, 15) is 9.90 Å². The molecule has 16 heavy (non-hydrogen) atoms. The lowest BCUT2D eigenvalue weighted by molar-refractivity contribution is -0.898. The van der Waals surface area contributed by atoms with Gasteiger partial charge in [0.05, 0.1) is 20.1 Å². The van der Waals surface area contributed by atoms with Crippen LogP contribution in [0.15, 0.2) is 30.8 Å². The summed E-state index contributed by atoms with van der Waals surface area (Å²) in [6.45, 7) is 4.37. The number of hydrogen-bond acceptors (Lipinski definition) is 2. The van der Waals surface area contributed by atoms with E-state index in [1.165, 1.54) is 0 Å². The number of quaternary nitrogens is 1. The van der Waals surface area contributed by atoms with Crippen molar-refractivity contribution in [2.24, 2.45) is 0 Å². The highest BCUT2D eigenvalue weighted by atomic mass is 16.4. The maximum absolute atomic E-state index is 10.6. The van der Waals surface area contributed by atoms with E-state index in [4.69, 9.17) is 0 Å². The number of carbonyl (C=O) groups excluding carboxylic acids is 1. The van der Waals surface area contributed by atoms with Gasteiger partial charge in [-0.25, -0.2) is 0 Å². The van der Waals surface area contributed by atoms with Gasteiger partial charge in [0.25, 0.3) is 0 Å². The van der Waals surface area contributed by atoms with Crippen LogP contribution in [0, 0.1) is 0 Å². The predicted octanol–water partition coefficient (Wildman–Crippen LogP) is 0.656. The van der Waals surface area contributed by atoms with Crippen molar-refractivity contribution < 1.29 is 14.4 Å². The molecule has 0 aromatic heterocycles. The highest BCUT2D eigenvalue weighted by Gasteiger charge is 2.15. The summed E-state index contributed by atoms with van der Waals surface area (Å²) in [6.07, 6.45) is 1.78. The first-order valence-corrected chi connectivity index (χ1v) is 5.16. The Hall–Kier alpha value is -1.61. The molecule has 0 aliphatic rings. The fourth-order valence-corrected chi connectivity index (χ4v) is 1.66. The van der Waals surface area contributed by atoms with Crippen LogP contribution < -0.4 is 5.11 Å². The van der Waals surface area contributed by atoms with Crippen LogP contribution in [0.3, 0.4) is 0 Å². The van der Waals surface area contributed by atoms with Crippen molar-refractivity contribution >= 4 is 12.0 Å². The van der Waals surface area contributed by atoms with Gasteiger partial charge < -0.3 is 14.4 Å². The van der Waals surface area contributed by atoms with Gasteiger partial charge in [-0.15, -0.1) is 0 Å². The first-order chi connectivity index (χ1) is 7.43. The van der Waals surface area contributed by atoms with Gasteiger partial charge in [-0.05, 0) is 5.56 Å². The number of carboxylic acid groups (broad SMARTS) is 1. The molecule has 0 aliphatic carbocycles. The van der Waals surface area contributed by atoms with Crippen LogP contribution in [0.2, 0.25) is 0 Å². The Labute approximate surface area is 96.2 Å². The van der Waals surface area contributed by atoms with Crippen LogP contribution in [0.4, 0.5) is 0 Å². The Morgan fingerprint density at radius 3 is 2.38 bits per heavy atom. The second kappa shape index (κ2) is 4.94. The zero-order chi connectivity index (χ0) is 12.2. The van der Waals surface area contributed by atoms with Gasteiger partial charge in [0.15, 0.2) is 0 Å². The monoisotopic (exact) mass is 219 g/mol. The molecule has 1 rings (SSSR count). The molecule has 0 aliphatic heterocycles. The topological polar surface area (TPSA) is 40.1 Å². The van der Waals surface area contributed by atoms with Crippen molar-refractivity contribution in [1.29, 1.82) is 0 Å². The van der Waals surface area contributed by atoms with E-state index >= 15 is 0 Å². The van der Waals surface area contributed by atoms with Crippen molar-refractivity contribution in [3.63, 3.8) is 0 Å². The summed E-state index contributed by atoms with van der Waals surface area (Å²) in [5.41, 5.74) is 2.17. The van der Waals surface area contributed by atoms with E-state index in [0.29, 0.717) is 11.0 Å². The summed E-state index contributed by atoms with van der Waals surface area (Å²) in [4.78, 5) is 10.6. The van der Waals surface area contributed by atoms with E-state index in [-0.39, 0.29) is 6.54 Å². The Kier molecular flexibility index (Phi) is 3.85. The number of hydrogen-bond donors (Lipinski definition) is 0. The molecule has 0 radical (unpaired) electrons. The molecule has 0 N–H and O–H groups in total. The van der Waals surface area contributed by atoms with E-state index in [2.05, 4.69) is 6.58 Å². The Balaban J connectivity index is 2.71. The lowest BCUT2D eigenvalue weighted by Gasteiger charge is -2.30. The molecule has 0 amide bonds. The number of likely N-dealkylation sites (N-methyl/N-ethyl adjacent to an activating group) is 1. The van der Waals surface area contributed by atoms with Crippen molar-refractivity contribution in [1.82, 2.24) is 0 Å². The van der Waals surface area contributed by atoms with Crippen LogP contribution in [0.1, 0.15) is 11.1 Å². The van der Waals surface area contributed by atoms with Gasteiger partial charge >= 0.3 is 0 Å². The average Bonchev–Trinajstić information content (AvgIpc) is 2.16. The predicted molar refractivity (Wildman–Crippen MR) is 62.2 cm³/mol. The minimum Gasteiger partial charge on any atom is -0.544 e. The smallest absolute Gasteiger partial charge is 0.119 e. The van der Waals surface area contributed by atoms with Crippen molar-refractivity contribution in [3.8, 4) is 0 Å². The molecule has 3 heteroatoms. The molecule has 1 aromatic rings. The third-order valence-electron chi connectivity index (χ3n) is 2.38. The molecule has 0 spiro atoms. The molecule has 86 valence electrons. The van der Waals surface area contributed by atoms with Gasteiger partial charge in [-0.3, -0.25) is 0 Å². The summed E-state index contributed by atoms with van der Waals surface area (Å²) in [5, 5.41) is 10.6. The van der Waals surface area contributed by atoms with Crippen molar-refractivity contribution in [2.75, 3.05) is 20.6 Å². The summed E-state index contributed by atoms with van der Waals surface area (Å²) >= 11 is 0. The lowest BCUT2D eigenvalue weighted by atomic mass is 10.1. The van der Waals surface area contributed by atoms with E-state index in [1.54, 1.807) is 6.08 Å². The van der Waals surface area contributed by atoms with Crippen molar-refractivity contribution in [3.05, 3.63) is 42.0 Å². The number of rotatable bonds is 5. The second-order valence-corrected chi connectivity index (χ2v) is 4.57. The normalized spacial score (nSPS) is 11.1. The zero-order valence-corrected chi connectivity index (χ0v) is 9.77. The third kappa shape index (κ3) is 3.87. The van der Waals surface area contributed by atoms with E-state index < -0.39 is 5.97 Å². The van der Waals surface area contributed by atoms with Gasteiger partial charge in [-0.2, -0.15) is 0 Å². The zero-order valence-electron chi connectivity index (χ0n) is 9.77. The molecule has 1 aromatic carbocycles. The number of aliphatic carboxylic acids is 1. The maximum atomic E-state index is 10.6. The summed E-state index contributed by atoms with van der Waals surface area (Å²) in [6, 6.07) is 7.93. The first kappa shape index (κ1) is 12.5. The van der Waals surface area contributed by atoms with Crippen LogP contribution in [-0.2, 0) is 11.3 Å². The van der Waals surface area contributed by atoms with Crippen LogP contribution >= 0.6 is 0 Å². The van der Waals surface area contributed by atoms with E-state index in [1.807, 2.05) is 38.4 Å². The van der Waals surface area contributed by atoms with Crippen LogP contribution in [-0.4, -0.2) is 31.1 Å². The largest absolute Gasteiger partial charge is 0.544 e. The van der Waals surface area contributed by atoms with E-state index in [0.717, 1.165) is 11.1 Å². The SMILES string of the molecule is C=Cc1ccc(C[N+](C)(C)CC(=O)[O-])cc1. The summed E-state index contributed by atoms with van der Waals surface area (Å²) < 4.78 is 0.385. The standard InChI is InChI=1S/C13H17NO2/c1-4-11-5-7-12(8-6-11)9-14(2,3)10-13(15)16/h4-8H,1,9-10H2,2-3H3. The van der Waals surface area contributed by atoms with Gasteiger partial charge in [0.2, 0.25) is 0 Å². The highest BCUT2D eigenvalue weighted by molar-refractivity contribution is 5.65. The molecule has 0 saturated carbocycles. The number of nitrogens with zero attached hydrogens (tertiary/aromatic N) is 1. The summed E-state index contributed by atoms with van der Waals surface area (Å²) in [5.74, 6) is -1.02. The molecule has 0 fully saturated rings. The fourth-order valence-electron chi connectivity index (χ4n) is 1.66. The molecular weight excluding hydrogens is 202 g/mol. The maximum Gasteiger partial charge on any atom is 0.119 e. The molecule has 0 bridgehead atoms. The number of carbonyl (C=O) groups is 1. The first-order valence-electron chi connectivity index (χ1n) is 5.16. The van der Waals surface area contributed by atoms with Crippen LogP contribution in [0.25, 0.3) is 6.08 Å². The second-order valence-electron chi connectivity index (χ2n) is 4.57. The molecule has 0 atom stereocenters. The third-order valence-corrected chi connectivity index (χ3v) is 2.38. The highest BCUT2D eigenvalue weighted by Crippen LogP contribution is 2.11. The molecule has 0 unspecified atom stereocenters. The number of carboxylic acids is 1. The minimum atomic E-state index is -1.02. The summed E-state index contributed by atoms with van der Waals surface area (Å²) in [7, 11) is 3.74. The quantitative estimate of drug-likeness (QED) is 0.682. The van der Waals surface area contributed by atoms with Gasteiger partial charge in [-0.1, -0.05) is 36.9 Å². The number of benzene rings is 1. The Morgan fingerprint density at radius 1 is 1.38 bits per heavy atom. The lowest BCUT2D eigenvalue weighted by Crippen LogP contribution is -2.47. The molecule has 0 saturated heterocycles. The Morgan fingerprint density at radius 2 is 1.94 bits per heavy atom. The molecular formula is C13H17NO2. The molecule has 3 nitrogen and oxygen atoms in total. The molecule has 0 heterocycles. The average molecular weight is 219 g/mol. The fraction of sp³-hybridized carbons (Fsp3) is 0.308. The van der Waals surface area contributed by atoms with Crippen LogP contribution in [0.5, 0.6) is 0 Å². The van der Waals surface area contributed by atoms with Gasteiger partial charge in [0, 0.05) is 5.56 Å².